The van der Waals surface area contributed by atoms with Gasteiger partial charge in [-0.25, -0.2) is 8.78 Å². The van der Waals surface area contributed by atoms with Crippen molar-refractivity contribution >= 4 is 5.78 Å². The van der Waals surface area contributed by atoms with Crippen LogP contribution >= 0.6 is 0 Å². The standard InChI is InChI=1S/C15H12F2O2/c16-14-8-4-5-11(15(14)17)9-12(18)10-19-13-6-2-1-3-7-13/h1-8H,9-10H2. The summed E-state index contributed by atoms with van der Waals surface area (Å²) in [5, 5.41) is 0. The molecule has 0 amide bonds. The first-order valence-electron chi connectivity index (χ1n) is 5.79. The summed E-state index contributed by atoms with van der Waals surface area (Å²) < 4.78 is 31.6. The number of para-hydroxylation sites is 1. The Morgan fingerprint density at radius 1 is 1.00 bits per heavy atom. The number of benzene rings is 2. The highest BCUT2D eigenvalue weighted by atomic mass is 19.2. The zero-order valence-corrected chi connectivity index (χ0v) is 10.1. The molecule has 2 nitrogen and oxygen atoms in total. The quantitative estimate of drug-likeness (QED) is 0.827. The topological polar surface area (TPSA) is 26.3 Å². The van der Waals surface area contributed by atoms with Gasteiger partial charge in [0, 0.05) is 6.42 Å². The second kappa shape index (κ2) is 6.09. The summed E-state index contributed by atoms with van der Waals surface area (Å²) in [6.45, 7) is -0.167. The number of hydrogen-bond acceptors (Lipinski definition) is 2. The number of carbonyl (C=O) groups excluding carboxylic acids is 1. The van der Waals surface area contributed by atoms with E-state index >= 15 is 0 Å². The lowest BCUT2D eigenvalue weighted by atomic mass is 10.1. The highest BCUT2D eigenvalue weighted by molar-refractivity contribution is 5.82. The van der Waals surface area contributed by atoms with E-state index in [2.05, 4.69) is 0 Å². The summed E-state index contributed by atoms with van der Waals surface area (Å²) in [4.78, 5) is 11.6. The fourth-order valence-corrected chi connectivity index (χ4v) is 1.63. The number of hydrogen-bond donors (Lipinski definition) is 0. The summed E-state index contributed by atoms with van der Waals surface area (Å²) in [5.74, 6) is -1.67. The lowest BCUT2D eigenvalue weighted by molar-refractivity contribution is -0.120. The van der Waals surface area contributed by atoms with Crippen molar-refractivity contribution in [3.63, 3.8) is 0 Å². The Morgan fingerprint density at radius 3 is 2.47 bits per heavy atom. The molecule has 2 aromatic carbocycles. The molecule has 0 unspecified atom stereocenters. The molecule has 0 N–H and O–H groups in total. The van der Waals surface area contributed by atoms with Crippen molar-refractivity contribution in [1.29, 1.82) is 0 Å². The molecular formula is C15H12F2O2. The Bertz CT molecular complexity index is 568. The normalized spacial score (nSPS) is 10.2. The van der Waals surface area contributed by atoms with Crippen LogP contribution in [-0.4, -0.2) is 12.4 Å². The van der Waals surface area contributed by atoms with Crippen LogP contribution in [-0.2, 0) is 11.2 Å². The molecule has 0 radical (unpaired) electrons. The Morgan fingerprint density at radius 2 is 1.74 bits per heavy atom. The van der Waals surface area contributed by atoms with Gasteiger partial charge in [-0.15, -0.1) is 0 Å². The maximum atomic E-state index is 13.4. The summed E-state index contributed by atoms with van der Waals surface area (Å²) >= 11 is 0. The van der Waals surface area contributed by atoms with Crippen molar-refractivity contribution in [2.75, 3.05) is 6.61 Å². The van der Waals surface area contributed by atoms with Gasteiger partial charge < -0.3 is 4.74 Å². The molecule has 19 heavy (non-hydrogen) atoms. The molecule has 2 aromatic rings. The average Bonchev–Trinajstić information content (AvgIpc) is 2.43. The molecule has 0 atom stereocenters. The van der Waals surface area contributed by atoms with E-state index in [9.17, 15) is 13.6 Å². The Balaban J connectivity index is 1.93. The van der Waals surface area contributed by atoms with Gasteiger partial charge in [-0.05, 0) is 23.8 Å². The summed E-state index contributed by atoms with van der Waals surface area (Å²) in [7, 11) is 0. The molecule has 2 rings (SSSR count). The van der Waals surface area contributed by atoms with Crippen LogP contribution in [0, 0.1) is 11.6 Å². The van der Waals surface area contributed by atoms with Gasteiger partial charge in [0.15, 0.2) is 17.4 Å². The molecule has 0 fully saturated rings. The van der Waals surface area contributed by atoms with Gasteiger partial charge in [-0.1, -0.05) is 30.3 Å². The predicted octanol–water partition coefficient (Wildman–Crippen LogP) is 3.16. The number of rotatable bonds is 5. The van der Waals surface area contributed by atoms with E-state index in [-0.39, 0.29) is 24.4 Å². The summed E-state index contributed by atoms with van der Waals surface area (Å²) in [6.07, 6.45) is -0.184. The highest BCUT2D eigenvalue weighted by Gasteiger charge is 2.12. The van der Waals surface area contributed by atoms with Crippen molar-refractivity contribution in [3.8, 4) is 5.75 Å². The second-order valence-corrected chi connectivity index (χ2v) is 4.03. The number of Topliss-reactive ketones (excluding diaryl/α,β-unsaturated/α-hetero) is 1. The van der Waals surface area contributed by atoms with Crippen molar-refractivity contribution in [3.05, 3.63) is 65.7 Å². The van der Waals surface area contributed by atoms with Crippen molar-refractivity contribution < 1.29 is 18.3 Å². The molecular weight excluding hydrogens is 250 g/mol. The molecule has 0 spiro atoms. The number of ketones is 1. The maximum absolute atomic E-state index is 13.4. The van der Waals surface area contributed by atoms with Crippen molar-refractivity contribution in [1.82, 2.24) is 0 Å². The third-order valence-corrected chi connectivity index (χ3v) is 2.56. The van der Waals surface area contributed by atoms with Crippen LogP contribution in [0.15, 0.2) is 48.5 Å². The van der Waals surface area contributed by atoms with Gasteiger partial charge in [0.25, 0.3) is 0 Å². The third kappa shape index (κ3) is 3.61. The minimum atomic E-state index is -0.976. The van der Waals surface area contributed by atoms with Gasteiger partial charge in [-0.2, -0.15) is 0 Å². The molecule has 0 aliphatic carbocycles. The van der Waals surface area contributed by atoms with Gasteiger partial charge in [0.05, 0.1) is 0 Å². The molecule has 0 heterocycles. The molecule has 0 bridgehead atoms. The third-order valence-electron chi connectivity index (χ3n) is 2.56. The zero-order valence-electron chi connectivity index (χ0n) is 10.1. The van der Waals surface area contributed by atoms with E-state index in [4.69, 9.17) is 4.74 Å². The van der Waals surface area contributed by atoms with E-state index in [0.717, 1.165) is 6.07 Å². The predicted molar refractivity (Wildman–Crippen MR) is 67.0 cm³/mol. The van der Waals surface area contributed by atoms with E-state index in [1.165, 1.54) is 12.1 Å². The number of carbonyl (C=O) groups is 1. The number of ether oxygens (including phenoxy) is 1. The Labute approximate surface area is 109 Å². The van der Waals surface area contributed by atoms with Crippen LogP contribution in [0.4, 0.5) is 8.78 Å². The van der Waals surface area contributed by atoms with Crippen LogP contribution in [0.5, 0.6) is 5.75 Å². The minimum Gasteiger partial charge on any atom is -0.486 e. The Kier molecular flexibility index (Phi) is 4.23. The number of halogens is 2. The fourth-order valence-electron chi connectivity index (χ4n) is 1.63. The maximum Gasteiger partial charge on any atom is 0.174 e. The lowest BCUT2D eigenvalue weighted by Gasteiger charge is -2.06. The van der Waals surface area contributed by atoms with E-state index in [0.29, 0.717) is 5.75 Å². The Hall–Kier alpha value is -2.23. The van der Waals surface area contributed by atoms with E-state index < -0.39 is 11.6 Å². The van der Waals surface area contributed by atoms with Crippen LogP contribution in [0.1, 0.15) is 5.56 Å². The molecule has 98 valence electrons. The molecule has 4 heteroatoms. The highest BCUT2D eigenvalue weighted by Crippen LogP contribution is 2.13. The average molecular weight is 262 g/mol. The van der Waals surface area contributed by atoms with Crippen molar-refractivity contribution in [2.45, 2.75) is 6.42 Å². The van der Waals surface area contributed by atoms with Crippen LogP contribution < -0.4 is 4.74 Å². The second-order valence-electron chi connectivity index (χ2n) is 4.03. The first kappa shape index (κ1) is 13.2. The van der Waals surface area contributed by atoms with Gasteiger partial charge in [-0.3, -0.25) is 4.79 Å². The minimum absolute atomic E-state index is 0.0432. The lowest BCUT2D eigenvalue weighted by Crippen LogP contribution is -2.14. The van der Waals surface area contributed by atoms with Gasteiger partial charge >= 0.3 is 0 Å². The first-order valence-corrected chi connectivity index (χ1v) is 5.79. The van der Waals surface area contributed by atoms with E-state index in [1.807, 2.05) is 6.07 Å². The summed E-state index contributed by atoms with van der Waals surface area (Å²) in [6, 6.07) is 12.6. The van der Waals surface area contributed by atoms with Gasteiger partial charge in [0.1, 0.15) is 12.4 Å². The first-order chi connectivity index (χ1) is 9.16. The van der Waals surface area contributed by atoms with E-state index in [1.54, 1.807) is 24.3 Å². The smallest absolute Gasteiger partial charge is 0.174 e. The largest absolute Gasteiger partial charge is 0.486 e. The van der Waals surface area contributed by atoms with Crippen LogP contribution in [0.2, 0.25) is 0 Å². The molecule has 0 saturated carbocycles. The van der Waals surface area contributed by atoms with Crippen LogP contribution in [0.3, 0.4) is 0 Å². The van der Waals surface area contributed by atoms with Crippen molar-refractivity contribution in [2.24, 2.45) is 0 Å². The molecule has 0 aliphatic rings. The fraction of sp³-hybridized carbons (Fsp3) is 0.133. The van der Waals surface area contributed by atoms with Crippen LogP contribution in [0.25, 0.3) is 0 Å². The molecule has 0 aliphatic heterocycles. The monoisotopic (exact) mass is 262 g/mol. The summed E-state index contributed by atoms with van der Waals surface area (Å²) in [5.41, 5.74) is 0.0432. The SMILES string of the molecule is O=C(COc1ccccc1)Cc1cccc(F)c1F. The zero-order chi connectivity index (χ0) is 13.7. The van der Waals surface area contributed by atoms with Gasteiger partial charge in [0.2, 0.25) is 0 Å². The molecule has 0 saturated heterocycles. The molecule has 0 aromatic heterocycles.